The Morgan fingerprint density at radius 3 is 1.97 bits per heavy atom. The summed E-state index contributed by atoms with van der Waals surface area (Å²) in [6.45, 7) is 2.23. The Balaban J connectivity index is 1.40. The van der Waals surface area contributed by atoms with Gasteiger partial charge in [0.1, 0.15) is 5.82 Å². The molecule has 4 aromatic rings. The predicted molar refractivity (Wildman–Crippen MR) is 143 cm³/mol. The highest BCUT2D eigenvalue weighted by Crippen LogP contribution is 2.29. The second-order valence-electron chi connectivity index (χ2n) is 9.43. The van der Waals surface area contributed by atoms with E-state index >= 15 is 4.39 Å². The van der Waals surface area contributed by atoms with Crippen LogP contribution in [0.15, 0.2) is 78.9 Å². The first kappa shape index (κ1) is 26.5. The minimum Gasteiger partial charge on any atom is -0.205 e. The maximum Gasteiger partial charge on any atom is 0.416 e. The van der Waals surface area contributed by atoms with Gasteiger partial charge in [0, 0.05) is 10.9 Å². The van der Waals surface area contributed by atoms with Crippen molar-refractivity contribution in [2.45, 2.75) is 58.0 Å². The van der Waals surface area contributed by atoms with Crippen LogP contribution < -0.4 is 0 Å². The molecule has 4 aromatic carbocycles. The van der Waals surface area contributed by atoms with Crippen molar-refractivity contribution < 1.29 is 17.6 Å². The quantitative estimate of drug-likeness (QED) is 0.128. The van der Waals surface area contributed by atoms with Crippen LogP contribution in [0.4, 0.5) is 17.6 Å². The summed E-state index contributed by atoms with van der Waals surface area (Å²) in [6.07, 6.45) is 3.59. The molecule has 0 saturated carbocycles. The molecule has 0 bridgehead atoms. The lowest BCUT2D eigenvalue weighted by molar-refractivity contribution is -0.137. The Hall–Kier alpha value is -3.58. The van der Waals surface area contributed by atoms with Crippen LogP contribution in [-0.4, -0.2) is 0 Å². The van der Waals surface area contributed by atoms with Crippen molar-refractivity contribution in [3.63, 3.8) is 0 Å². The number of alkyl halides is 3. The van der Waals surface area contributed by atoms with E-state index in [0.29, 0.717) is 10.9 Å². The molecule has 0 aromatic heterocycles. The fourth-order valence-electron chi connectivity index (χ4n) is 4.39. The molecule has 0 aliphatic rings. The first-order valence-corrected chi connectivity index (χ1v) is 12.8. The molecule has 4 rings (SSSR count). The molecule has 0 heterocycles. The molecule has 0 unspecified atom stereocenters. The largest absolute Gasteiger partial charge is 0.416 e. The monoisotopic (exact) mass is 502 g/mol. The van der Waals surface area contributed by atoms with E-state index in [2.05, 4.69) is 43.0 Å². The zero-order valence-corrected chi connectivity index (χ0v) is 21.0. The Morgan fingerprint density at radius 1 is 0.649 bits per heavy atom. The summed E-state index contributed by atoms with van der Waals surface area (Å²) in [5.41, 5.74) is 3.69. The predicted octanol–water partition coefficient (Wildman–Crippen LogP) is 9.31. The number of hydrogen-bond acceptors (Lipinski definition) is 0. The standard InChI is InChI=1S/C33H30F4/c1-2-3-4-5-6-24-7-9-25(10-8-24)11-12-27-16-22-31-29(23-27)19-18-28(32(31)34)17-13-26-14-20-30(21-15-26)33(35,36)37/h7-10,14-16,18-23H,2-6,11-12H2,1H3. The number of halogens is 4. The third kappa shape index (κ3) is 7.23. The molecule has 0 aliphatic carbocycles. The first-order valence-electron chi connectivity index (χ1n) is 12.8. The van der Waals surface area contributed by atoms with Gasteiger partial charge in [-0.15, -0.1) is 0 Å². The van der Waals surface area contributed by atoms with Crippen LogP contribution in [0, 0.1) is 17.7 Å². The second kappa shape index (κ2) is 12.1. The molecule has 0 nitrogen and oxygen atoms in total. The molecule has 0 amide bonds. The van der Waals surface area contributed by atoms with Crippen LogP contribution >= 0.6 is 0 Å². The zero-order chi connectivity index (χ0) is 26.3. The van der Waals surface area contributed by atoms with Crippen LogP contribution in [0.1, 0.15) is 66.0 Å². The smallest absolute Gasteiger partial charge is 0.205 e. The molecule has 4 heteroatoms. The maximum atomic E-state index is 15.1. The van der Waals surface area contributed by atoms with Gasteiger partial charge in [0.25, 0.3) is 0 Å². The Kier molecular flexibility index (Phi) is 8.66. The summed E-state index contributed by atoms with van der Waals surface area (Å²) >= 11 is 0. The second-order valence-corrected chi connectivity index (χ2v) is 9.43. The van der Waals surface area contributed by atoms with E-state index in [1.807, 2.05) is 18.2 Å². The lowest BCUT2D eigenvalue weighted by atomic mass is 9.98. The molecule has 0 aliphatic heterocycles. The zero-order valence-electron chi connectivity index (χ0n) is 21.0. The molecular weight excluding hydrogens is 472 g/mol. The Morgan fingerprint density at radius 2 is 1.30 bits per heavy atom. The van der Waals surface area contributed by atoms with Crippen molar-refractivity contribution in [1.82, 2.24) is 0 Å². The molecule has 0 atom stereocenters. The fraction of sp³-hybridized carbons (Fsp3) is 0.273. The Labute approximate surface area is 216 Å². The highest BCUT2D eigenvalue weighted by molar-refractivity contribution is 5.85. The summed E-state index contributed by atoms with van der Waals surface area (Å²) in [5.74, 6) is 5.10. The van der Waals surface area contributed by atoms with Gasteiger partial charge in [-0.2, -0.15) is 13.2 Å². The van der Waals surface area contributed by atoms with E-state index in [9.17, 15) is 13.2 Å². The van der Waals surface area contributed by atoms with Gasteiger partial charge in [-0.3, -0.25) is 0 Å². The number of rotatable bonds is 8. The van der Waals surface area contributed by atoms with E-state index in [0.717, 1.165) is 42.3 Å². The fourth-order valence-corrected chi connectivity index (χ4v) is 4.39. The molecule has 0 radical (unpaired) electrons. The van der Waals surface area contributed by atoms with Gasteiger partial charge in [-0.25, -0.2) is 4.39 Å². The van der Waals surface area contributed by atoms with Crippen LogP contribution in [0.3, 0.4) is 0 Å². The summed E-state index contributed by atoms with van der Waals surface area (Å²) < 4.78 is 53.3. The summed E-state index contributed by atoms with van der Waals surface area (Å²) in [5, 5.41) is 1.29. The third-order valence-electron chi connectivity index (χ3n) is 6.62. The van der Waals surface area contributed by atoms with Crippen LogP contribution in [0.5, 0.6) is 0 Å². The van der Waals surface area contributed by atoms with E-state index < -0.39 is 17.6 Å². The van der Waals surface area contributed by atoms with Gasteiger partial charge >= 0.3 is 6.18 Å². The SMILES string of the molecule is CCCCCCc1ccc(CCc2ccc3c(F)c(C#Cc4ccc(C(F)(F)F)cc4)ccc3c2)cc1. The van der Waals surface area contributed by atoms with E-state index in [1.165, 1.54) is 48.9 Å². The molecule has 0 spiro atoms. The first-order chi connectivity index (χ1) is 17.8. The van der Waals surface area contributed by atoms with Gasteiger partial charge in [-0.1, -0.05) is 86.6 Å². The normalized spacial score (nSPS) is 11.4. The Bertz CT molecular complexity index is 1390. The van der Waals surface area contributed by atoms with Crippen LogP contribution in [0.25, 0.3) is 10.8 Å². The number of fused-ring (bicyclic) bond motifs is 1. The lowest BCUT2D eigenvalue weighted by Gasteiger charge is -2.07. The maximum absolute atomic E-state index is 15.1. The highest BCUT2D eigenvalue weighted by Gasteiger charge is 2.29. The van der Waals surface area contributed by atoms with Crippen molar-refractivity contribution in [3.8, 4) is 11.8 Å². The minimum atomic E-state index is -4.40. The molecule has 37 heavy (non-hydrogen) atoms. The van der Waals surface area contributed by atoms with Crippen molar-refractivity contribution in [1.29, 1.82) is 0 Å². The summed E-state index contributed by atoms with van der Waals surface area (Å²) in [4.78, 5) is 0. The highest BCUT2D eigenvalue weighted by atomic mass is 19.4. The number of benzene rings is 4. The molecule has 190 valence electrons. The van der Waals surface area contributed by atoms with E-state index in [1.54, 1.807) is 12.1 Å². The van der Waals surface area contributed by atoms with E-state index in [4.69, 9.17) is 0 Å². The minimum absolute atomic E-state index is 0.218. The topological polar surface area (TPSA) is 0 Å². The number of hydrogen-bond donors (Lipinski definition) is 0. The average molecular weight is 503 g/mol. The molecule has 0 saturated heterocycles. The van der Waals surface area contributed by atoms with Crippen molar-refractivity contribution in [2.75, 3.05) is 0 Å². The summed E-state index contributed by atoms with van der Waals surface area (Å²) in [7, 11) is 0. The van der Waals surface area contributed by atoms with Gasteiger partial charge < -0.3 is 0 Å². The molecular formula is C33H30F4. The van der Waals surface area contributed by atoms with Crippen LogP contribution in [-0.2, 0) is 25.4 Å². The molecule has 0 fully saturated rings. The van der Waals surface area contributed by atoms with Gasteiger partial charge in [0.05, 0.1) is 11.1 Å². The number of aryl methyl sites for hydroxylation is 3. The van der Waals surface area contributed by atoms with Crippen molar-refractivity contribution in [2.24, 2.45) is 0 Å². The van der Waals surface area contributed by atoms with Crippen molar-refractivity contribution in [3.05, 3.63) is 118 Å². The van der Waals surface area contributed by atoms with Gasteiger partial charge in [0.15, 0.2) is 0 Å². The van der Waals surface area contributed by atoms with E-state index in [-0.39, 0.29) is 5.56 Å². The number of unbranched alkanes of at least 4 members (excludes halogenated alkanes) is 3. The summed E-state index contributed by atoms with van der Waals surface area (Å²) in [6, 6.07) is 22.6. The van der Waals surface area contributed by atoms with Crippen LogP contribution in [0.2, 0.25) is 0 Å². The molecule has 0 N–H and O–H groups in total. The third-order valence-corrected chi connectivity index (χ3v) is 6.62. The lowest BCUT2D eigenvalue weighted by Crippen LogP contribution is -2.04. The van der Waals surface area contributed by atoms with Gasteiger partial charge in [-0.05, 0) is 78.1 Å². The van der Waals surface area contributed by atoms with Gasteiger partial charge in [0.2, 0.25) is 0 Å². The van der Waals surface area contributed by atoms with Crippen molar-refractivity contribution >= 4 is 10.8 Å². The average Bonchev–Trinajstić information content (AvgIpc) is 2.90.